The average molecular weight is 438 g/mol. The van der Waals surface area contributed by atoms with Gasteiger partial charge >= 0.3 is 0 Å². The van der Waals surface area contributed by atoms with Crippen molar-refractivity contribution in [1.82, 2.24) is 15.3 Å². The topological polar surface area (TPSA) is 109 Å². The molecule has 4 N–H and O–H groups in total. The number of pyridine rings is 1. The molecule has 8 nitrogen and oxygen atoms in total. The molecule has 5 rings (SSSR count). The zero-order valence-corrected chi connectivity index (χ0v) is 17.5. The number of carbonyl (C=O) groups excluding carboxylic acids is 1. The zero-order chi connectivity index (χ0) is 22.3. The highest BCUT2D eigenvalue weighted by Crippen LogP contribution is 2.42. The molecule has 2 aliphatic heterocycles. The number of nitrogens with zero attached hydrogens (tertiary/aromatic N) is 1. The minimum atomic E-state index is -0.757. The Balaban J connectivity index is 1.59. The summed E-state index contributed by atoms with van der Waals surface area (Å²) in [7, 11) is 0. The van der Waals surface area contributed by atoms with Gasteiger partial charge in [0.2, 0.25) is 0 Å². The summed E-state index contributed by atoms with van der Waals surface area (Å²) < 4.78 is 25.6. The molecule has 0 bridgehead atoms. The molecule has 166 valence electrons. The van der Waals surface area contributed by atoms with Crippen LogP contribution in [0.1, 0.15) is 29.4 Å². The highest BCUT2D eigenvalue weighted by atomic mass is 19.1. The first-order valence-electron chi connectivity index (χ1n) is 10.4. The van der Waals surface area contributed by atoms with Crippen molar-refractivity contribution < 1.29 is 23.8 Å². The molecule has 3 aromatic rings. The highest BCUT2D eigenvalue weighted by molar-refractivity contribution is 6.06. The number of hydrogen-bond acceptors (Lipinski definition) is 6. The van der Waals surface area contributed by atoms with E-state index in [4.69, 9.17) is 9.47 Å². The molecular formula is C23H23FN4O4. The number of rotatable bonds is 6. The van der Waals surface area contributed by atoms with Crippen LogP contribution >= 0.6 is 0 Å². The van der Waals surface area contributed by atoms with Crippen LogP contribution in [0.4, 0.5) is 15.8 Å². The molecule has 2 aliphatic rings. The quantitative estimate of drug-likeness (QED) is 0.439. The molecule has 1 unspecified atom stereocenters. The Morgan fingerprint density at radius 2 is 2.22 bits per heavy atom. The SMILES string of the molecule is CC1(COc2cnccc2-c2[nH]c3c(c2Nc2cccc(F)c2O)C(=O)NCC3)CCO1. The Labute approximate surface area is 183 Å². The van der Waals surface area contributed by atoms with Gasteiger partial charge in [0.15, 0.2) is 11.6 Å². The van der Waals surface area contributed by atoms with Gasteiger partial charge in [-0.2, -0.15) is 0 Å². The number of benzene rings is 1. The van der Waals surface area contributed by atoms with Crippen molar-refractivity contribution in [2.75, 3.05) is 25.1 Å². The van der Waals surface area contributed by atoms with Crippen molar-refractivity contribution in [3.63, 3.8) is 0 Å². The van der Waals surface area contributed by atoms with Crippen LogP contribution in [0.5, 0.6) is 11.5 Å². The molecule has 0 spiro atoms. The summed E-state index contributed by atoms with van der Waals surface area (Å²) >= 11 is 0. The maximum atomic E-state index is 13.9. The predicted molar refractivity (Wildman–Crippen MR) is 116 cm³/mol. The van der Waals surface area contributed by atoms with Gasteiger partial charge in [-0.25, -0.2) is 4.39 Å². The molecule has 0 radical (unpaired) electrons. The molecule has 1 atom stereocenters. The fourth-order valence-corrected chi connectivity index (χ4v) is 3.95. The second-order valence-electron chi connectivity index (χ2n) is 8.20. The molecule has 1 amide bonds. The summed E-state index contributed by atoms with van der Waals surface area (Å²) in [5, 5.41) is 16.1. The maximum Gasteiger partial charge on any atom is 0.255 e. The van der Waals surface area contributed by atoms with Gasteiger partial charge in [0, 0.05) is 36.8 Å². The Bertz CT molecular complexity index is 1190. The van der Waals surface area contributed by atoms with E-state index in [-0.39, 0.29) is 17.2 Å². The van der Waals surface area contributed by atoms with Crippen molar-refractivity contribution in [1.29, 1.82) is 0 Å². The van der Waals surface area contributed by atoms with Crippen molar-refractivity contribution >= 4 is 17.3 Å². The minimum Gasteiger partial charge on any atom is -0.503 e. The van der Waals surface area contributed by atoms with Gasteiger partial charge in [-0.3, -0.25) is 9.78 Å². The Morgan fingerprint density at radius 1 is 1.38 bits per heavy atom. The number of aromatic hydroxyl groups is 1. The lowest BCUT2D eigenvalue weighted by atomic mass is 9.99. The van der Waals surface area contributed by atoms with Crippen molar-refractivity contribution in [2.24, 2.45) is 0 Å². The van der Waals surface area contributed by atoms with Gasteiger partial charge in [-0.1, -0.05) is 6.07 Å². The van der Waals surface area contributed by atoms with Gasteiger partial charge in [0.05, 0.1) is 35.4 Å². The fraction of sp³-hybridized carbons (Fsp3) is 0.304. The number of halogens is 1. The Morgan fingerprint density at radius 3 is 3.00 bits per heavy atom. The standard InChI is InChI=1S/C23H23FN4O4/c1-23(7-10-32-23)12-31-17-11-25-8-5-13(17)19-20(18-15(27-19)6-9-26-22(18)30)28-16-4-2-3-14(24)21(16)29/h2-5,8,11,27-29H,6-7,9-10,12H2,1H3,(H,26,30). The molecular weight excluding hydrogens is 415 g/mol. The molecule has 0 saturated carbocycles. The summed E-state index contributed by atoms with van der Waals surface area (Å²) in [5.41, 5.74) is 2.69. The van der Waals surface area contributed by atoms with Crippen molar-refractivity contribution in [3.8, 4) is 22.8 Å². The van der Waals surface area contributed by atoms with Gasteiger partial charge in [0.25, 0.3) is 5.91 Å². The summed E-state index contributed by atoms with van der Waals surface area (Å²) in [6.45, 7) is 3.57. The number of carbonyl (C=O) groups is 1. The number of fused-ring (bicyclic) bond motifs is 1. The number of H-pyrrole nitrogens is 1. The monoisotopic (exact) mass is 438 g/mol. The molecule has 0 aliphatic carbocycles. The summed E-state index contributed by atoms with van der Waals surface area (Å²) in [6.07, 6.45) is 4.76. The van der Waals surface area contributed by atoms with Crippen LogP contribution in [0.15, 0.2) is 36.7 Å². The van der Waals surface area contributed by atoms with Crippen LogP contribution in [0, 0.1) is 5.82 Å². The zero-order valence-electron chi connectivity index (χ0n) is 17.5. The number of ether oxygens (including phenoxy) is 2. The second kappa shape index (κ2) is 7.83. The molecule has 1 fully saturated rings. The lowest BCUT2D eigenvalue weighted by molar-refractivity contribution is -0.152. The van der Waals surface area contributed by atoms with Gasteiger partial charge in [-0.15, -0.1) is 0 Å². The van der Waals surface area contributed by atoms with Crippen LogP contribution in [-0.2, 0) is 11.2 Å². The van der Waals surface area contributed by atoms with Crippen molar-refractivity contribution in [3.05, 3.63) is 53.7 Å². The largest absolute Gasteiger partial charge is 0.503 e. The van der Waals surface area contributed by atoms with E-state index in [9.17, 15) is 14.3 Å². The smallest absolute Gasteiger partial charge is 0.255 e. The van der Waals surface area contributed by atoms with E-state index in [1.54, 1.807) is 24.5 Å². The van der Waals surface area contributed by atoms with Crippen molar-refractivity contribution in [2.45, 2.75) is 25.4 Å². The first kappa shape index (κ1) is 20.3. The summed E-state index contributed by atoms with van der Waals surface area (Å²) in [6, 6.07) is 5.97. The third kappa shape index (κ3) is 3.54. The van der Waals surface area contributed by atoms with E-state index in [2.05, 4.69) is 20.6 Å². The summed E-state index contributed by atoms with van der Waals surface area (Å²) in [4.78, 5) is 20.2. The normalized spacial score (nSPS) is 19.6. The number of aromatic amines is 1. The highest BCUT2D eigenvalue weighted by Gasteiger charge is 2.35. The number of phenols is 1. The Hall–Kier alpha value is -3.59. The molecule has 4 heterocycles. The van der Waals surface area contributed by atoms with E-state index in [0.29, 0.717) is 54.4 Å². The lowest BCUT2D eigenvalue weighted by Gasteiger charge is -2.38. The number of hydrogen-bond donors (Lipinski definition) is 4. The van der Waals surface area contributed by atoms with Gasteiger partial charge < -0.3 is 30.2 Å². The van der Waals surface area contributed by atoms with Crippen LogP contribution in [0.2, 0.25) is 0 Å². The number of para-hydroxylation sites is 1. The third-order valence-corrected chi connectivity index (χ3v) is 5.88. The van der Waals surface area contributed by atoms with Crippen LogP contribution in [0.3, 0.4) is 0 Å². The van der Waals surface area contributed by atoms with Gasteiger partial charge in [-0.05, 0) is 25.1 Å². The van der Waals surface area contributed by atoms with E-state index < -0.39 is 11.6 Å². The van der Waals surface area contributed by atoms with Gasteiger partial charge in [0.1, 0.15) is 18.0 Å². The number of amides is 1. The first-order valence-corrected chi connectivity index (χ1v) is 10.4. The molecule has 32 heavy (non-hydrogen) atoms. The number of phenolic OH excluding ortho intramolecular Hbond substituents is 1. The van der Waals surface area contributed by atoms with E-state index in [1.165, 1.54) is 12.1 Å². The minimum absolute atomic E-state index is 0.151. The number of aromatic nitrogens is 2. The molecule has 1 aromatic carbocycles. The first-order chi connectivity index (χ1) is 15.5. The predicted octanol–water partition coefficient (Wildman–Crippen LogP) is 3.51. The third-order valence-electron chi connectivity index (χ3n) is 5.88. The number of anilines is 2. The molecule has 2 aromatic heterocycles. The fourth-order valence-electron chi connectivity index (χ4n) is 3.95. The summed E-state index contributed by atoms with van der Waals surface area (Å²) in [5.74, 6) is -1.01. The van der Waals surface area contributed by atoms with Crippen LogP contribution in [0.25, 0.3) is 11.3 Å². The second-order valence-corrected chi connectivity index (χ2v) is 8.20. The lowest BCUT2D eigenvalue weighted by Crippen LogP contribution is -2.45. The number of nitrogens with one attached hydrogen (secondary N) is 3. The van der Waals surface area contributed by atoms with E-state index in [0.717, 1.165) is 12.1 Å². The van der Waals surface area contributed by atoms with E-state index in [1.807, 2.05) is 6.92 Å². The maximum absolute atomic E-state index is 13.9. The average Bonchev–Trinajstić information content (AvgIpc) is 3.14. The molecule has 9 heteroatoms. The van der Waals surface area contributed by atoms with E-state index >= 15 is 0 Å². The molecule has 1 saturated heterocycles. The van der Waals surface area contributed by atoms with Crippen LogP contribution in [-0.4, -0.2) is 46.3 Å². The Kier molecular flexibility index (Phi) is 4.97. The van der Waals surface area contributed by atoms with Crippen LogP contribution < -0.4 is 15.4 Å².